The Morgan fingerprint density at radius 3 is 2.19 bits per heavy atom. The second-order valence-corrected chi connectivity index (χ2v) is 7.80. The van der Waals surface area contributed by atoms with Gasteiger partial charge in [-0.15, -0.1) is 0 Å². The first-order valence-corrected chi connectivity index (χ1v) is 9.79. The van der Waals surface area contributed by atoms with Crippen LogP contribution in [0.3, 0.4) is 0 Å². The number of halogens is 1. The summed E-state index contributed by atoms with van der Waals surface area (Å²) in [5.41, 5.74) is 5.98. The molecule has 0 radical (unpaired) electrons. The molecule has 0 saturated heterocycles. The van der Waals surface area contributed by atoms with Gasteiger partial charge < -0.3 is 9.55 Å². The lowest BCUT2D eigenvalue weighted by Crippen LogP contribution is -1.94. The highest BCUT2D eigenvalue weighted by atomic mass is 79.9. The van der Waals surface area contributed by atoms with Crippen LogP contribution < -0.4 is 0 Å². The topological polar surface area (TPSA) is 20.7 Å². The molecule has 0 fully saturated rings. The van der Waals surface area contributed by atoms with Gasteiger partial charge in [-0.2, -0.15) is 0 Å². The lowest BCUT2D eigenvalue weighted by molar-refractivity contribution is 1.18. The van der Waals surface area contributed by atoms with E-state index in [2.05, 4.69) is 110 Å². The van der Waals surface area contributed by atoms with Crippen molar-refractivity contribution in [3.63, 3.8) is 0 Å². The summed E-state index contributed by atoms with van der Waals surface area (Å²) >= 11 is 3.56. The Morgan fingerprint density at radius 1 is 0.630 bits per heavy atom. The number of hydrogen-bond acceptors (Lipinski definition) is 0. The van der Waals surface area contributed by atoms with Gasteiger partial charge in [0.25, 0.3) is 0 Å². The predicted octanol–water partition coefficient (Wildman–Crippen LogP) is 7.18. The van der Waals surface area contributed by atoms with Crippen molar-refractivity contribution in [2.75, 3.05) is 0 Å². The third-order valence-electron chi connectivity index (χ3n) is 5.40. The SMILES string of the molecule is Brc1ccc(-n2c3ccccc3c3ccc4c5ccccc5[nH]c4c32)cc1. The molecule has 4 aromatic carbocycles. The van der Waals surface area contributed by atoms with Crippen LogP contribution in [0.5, 0.6) is 0 Å². The Kier molecular flexibility index (Phi) is 3.06. The number of benzene rings is 4. The molecule has 0 aliphatic carbocycles. The number of aromatic amines is 1. The van der Waals surface area contributed by atoms with Crippen LogP contribution in [0.1, 0.15) is 0 Å². The quantitative estimate of drug-likeness (QED) is 0.296. The molecule has 2 aromatic heterocycles. The zero-order valence-electron chi connectivity index (χ0n) is 14.4. The number of nitrogens with zero attached hydrogens (tertiary/aromatic N) is 1. The monoisotopic (exact) mass is 410 g/mol. The van der Waals surface area contributed by atoms with Gasteiger partial charge in [-0.1, -0.05) is 64.5 Å². The number of H-pyrrole nitrogens is 1. The van der Waals surface area contributed by atoms with Gasteiger partial charge in [0, 0.05) is 37.2 Å². The fraction of sp³-hybridized carbons (Fsp3) is 0. The van der Waals surface area contributed by atoms with Crippen molar-refractivity contribution in [3.8, 4) is 5.69 Å². The van der Waals surface area contributed by atoms with Gasteiger partial charge in [-0.3, -0.25) is 0 Å². The summed E-state index contributed by atoms with van der Waals surface area (Å²) in [5, 5.41) is 5.07. The van der Waals surface area contributed by atoms with Gasteiger partial charge in [-0.05, 0) is 36.4 Å². The minimum Gasteiger partial charge on any atom is -0.353 e. The minimum absolute atomic E-state index is 1.09. The summed E-state index contributed by atoms with van der Waals surface area (Å²) < 4.78 is 3.46. The highest BCUT2D eigenvalue weighted by Gasteiger charge is 2.16. The molecule has 6 rings (SSSR count). The highest BCUT2D eigenvalue weighted by Crippen LogP contribution is 2.38. The number of nitrogens with one attached hydrogen (secondary N) is 1. The van der Waals surface area contributed by atoms with E-state index in [9.17, 15) is 0 Å². The Hall–Kier alpha value is -3.04. The van der Waals surface area contributed by atoms with Crippen LogP contribution in [0, 0.1) is 0 Å². The van der Waals surface area contributed by atoms with Crippen molar-refractivity contribution in [1.82, 2.24) is 9.55 Å². The van der Waals surface area contributed by atoms with Gasteiger partial charge in [0.2, 0.25) is 0 Å². The molecule has 128 valence electrons. The molecule has 0 unspecified atom stereocenters. The van der Waals surface area contributed by atoms with Crippen LogP contribution >= 0.6 is 15.9 Å². The number of aromatic nitrogens is 2. The van der Waals surface area contributed by atoms with Gasteiger partial charge in [0.05, 0.1) is 16.6 Å². The minimum atomic E-state index is 1.09. The Bertz CT molecular complexity index is 1470. The highest BCUT2D eigenvalue weighted by molar-refractivity contribution is 9.10. The van der Waals surface area contributed by atoms with E-state index in [1.807, 2.05) is 0 Å². The van der Waals surface area contributed by atoms with Gasteiger partial charge in [0.15, 0.2) is 0 Å². The van der Waals surface area contributed by atoms with E-state index in [1.54, 1.807) is 0 Å². The molecular weight excluding hydrogens is 396 g/mol. The third-order valence-corrected chi connectivity index (χ3v) is 5.93. The largest absolute Gasteiger partial charge is 0.353 e. The van der Waals surface area contributed by atoms with Gasteiger partial charge >= 0.3 is 0 Å². The average molecular weight is 411 g/mol. The van der Waals surface area contributed by atoms with Crippen molar-refractivity contribution in [3.05, 3.63) is 89.4 Å². The van der Waals surface area contributed by atoms with Crippen LogP contribution in [0.15, 0.2) is 89.4 Å². The molecule has 0 bridgehead atoms. The van der Waals surface area contributed by atoms with Crippen LogP contribution in [0.2, 0.25) is 0 Å². The molecular formula is C24H15BrN2. The molecule has 6 aromatic rings. The van der Waals surface area contributed by atoms with Gasteiger partial charge in [-0.25, -0.2) is 0 Å². The van der Waals surface area contributed by atoms with Crippen LogP contribution in [0.25, 0.3) is 49.3 Å². The Morgan fingerprint density at radius 2 is 1.33 bits per heavy atom. The summed E-state index contributed by atoms with van der Waals surface area (Å²) in [6.07, 6.45) is 0. The van der Waals surface area contributed by atoms with Crippen molar-refractivity contribution in [2.45, 2.75) is 0 Å². The van der Waals surface area contributed by atoms with Crippen molar-refractivity contribution < 1.29 is 0 Å². The molecule has 0 aliphatic heterocycles. The first-order valence-electron chi connectivity index (χ1n) is 9.00. The summed E-state index contributed by atoms with van der Waals surface area (Å²) in [4.78, 5) is 3.67. The van der Waals surface area contributed by atoms with E-state index < -0.39 is 0 Å². The number of hydrogen-bond donors (Lipinski definition) is 1. The molecule has 1 N–H and O–H groups in total. The van der Waals surface area contributed by atoms with Crippen LogP contribution in [-0.2, 0) is 0 Å². The Labute approximate surface area is 164 Å². The maximum atomic E-state index is 3.67. The number of fused-ring (bicyclic) bond motifs is 7. The fourth-order valence-corrected chi connectivity index (χ4v) is 4.49. The summed E-state index contributed by atoms with van der Waals surface area (Å²) in [7, 11) is 0. The first-order chi connectivity index (χ1) is 13.3. The smallest absolute Gasteiger partial charge is 0.0783 e. The molecule has 0 saturated carbocycles. The predicted molar refractivity (Wildman–Crippen MR) is 118 cm³/mol. The molecule has 0 spiro atoms. The van der Waals surface area contributed by atoms with E-state index >= 15 is 0 Å². The van der Waals surface area contributed by atoms with Crippen LogP contribution in [0.4, 0.5) is 0 Å². The standard InChI is InChI=1S/C24H15BrN2/c25-15-9-11-16(12-10-15)27-22-8-4-2-6-18(22)20-14-13-19-17-5-1-3-7-21(17)26-23(19)24(20)27/h1-14,26H. The van der Waals surface area contributed by atoms with E-state index in [0.29, 0.717) is 0 Å². The molecule has 0 atom stereocenters. The van der Waals surface area contributed by atoms with Crippen molar-refractivity contribution in [1.29, 1.82) is 0 Å². The lowest BCUT2D eigenvalue weighted by atomic mass is 10.1. The van der Waals surface area contributed by atoms with Crippen LogP contribution in [-0.4, -0.2) is 9.55 Å². The first kappa shape index (κ1) is 15.1. The normalized spacial score (nSPS) is 11.9. The number of rotatable bonds is 1. The van der Waals surface area contributed by atoms with E-state index in [-0.39, 0.29) is 0 Å². The molecule has 0 aliphatic rings. The second-order valence-electron chi connectivity index (χ2n) is 6.88. The zero-order chi connectivity index (χ0) is 18.0. The van der Waals surface area contributed by atoms with E-state index in [1.165, 1.54) is 43.6 Å². The van der Waals surface area contributed by atoms with Crippen molar-refractivity contribution >= 4 is 59.5 Å². The van der Waals surface area contributed by atoms with Gasteiger partial charge in [0.1, 0.15) is 0 Å². The molecule has 0 amide bonds. The zero-order valence-corrected chi connectivity index (χ0v) is 16.0. The summed E-state index contributed by atoms with van der Waals surface area (Å²) in [5.74, 6) is 0. The molecule has 27 heavy (non-hydrogen) atoms. The molecule has 2 nitrogen and oxygen atoms in total. The third kappa shape index (κ3) is 2.06. The summed E-state index contributed by atoms with van der Waals surface area (Å²) in [6.45, 7) is 0. The van der Waals surface area contributed by atoms with Crippen molar-refractivity contribution in [2.24, 2.45) is 0 Å². The number of para-hydroxylation sites is 2. The van der Waals surface area contributed by atoms with E-state index in [4.69, 9.17) is 0 Å². The maximum Gasteiger partial charge on any atom is 0.0783 e. The van der Waals surface area contributed by atoms with E-state index in [0.717, 1.165) is 10.2 Å². The Balaban J connectivity index is 1.88. The lowest BCUT2D eigenvalue weighted by Gasteiger charge is -2.08. The fourth-order valence-electron chi connectivity index (χ4n) is 4.23. The summed E-state index contributed by atoms with van der Waals surface area (Å²) in [6, 6.07) is 30.2. The average Bonchev–Trinajstić information content (AvgIpc) is 3.24. The molecule has 2 heterocycles. The molecule has 3 heteroatoms. The maximum absolute atomic E-state index is 3.67. The second kappa shape index (κ2) is 5.48.